The molecule has 0 bridgehead atoms. The summed E-state index contributed by atoms with van der Waals surface area (Å²) in [5, 5.41) is 0. The Balaban J connectivity index is 0.00000117. The van der Waals surface area contributed by atoms with Gasteiger partial charge in [-0.25, -0.2) is 0 Å². The third kappa shape index (κ3) is 3.97. The van der Waals surface area contributed by atoms with Crippen LogP contribution in [0.4, 0.5) is 0 Å². The van der Waals surface area contributed by atoms with Crippen LogP contribution in [0.15, 0.2) is 24.3 Å². The second-order valence-electron chi connectivity index (χ2n) is 6.78. The van der Waals surface area contributed by atoms with Crippen LogP contribution in [0, 0.1) is 5.92 Å². The van der Waals surface area contributed by atoms with Crippen LogP contribution in [0.2, 0.25) is 0 Å². The lowest BCUT2D eigenvalue weighted by atomic mass is 9.96. The van der Waals surface area contributed by atoms with Crippen molar-refractivity contribution in [2.75, 3.05) is 13.1 Å². The fraction of sp³-hybridized carbons (Fsp3) is 0.571. The molecule has 5 nitrogen and oxygen atoms in total. The number of Topliss-reactive ketones (excluding diaryl/α,β-unsaturated/α-hetero) is 1. The lowest BCUT2D eigenvalue weighted by Gasteiger charge is -2.27. The van der Waals surface area contributed by atoms with Gasteiger partial charge >= 0.3 is 0 Å². The standard InChI is InChI=1S/C19H24N2O3.C2H6/c1-3-13(2)18(23)16-9-6-10-21(16)17(22)12-20-11-14-7-4-5-8-15(14)19(20)24;1-2/h4-5,7-8,13,16H,3,6,9-12H2,1-2H3;1-2H3. The first kappa shape index (κ1) is 20.1. The van der Waals surface area contributed by atoms with Crippen LogP contribution in [0.1, 0.15) is 62.9 Å². The Morgan fingerprint density at radius 3 is 2.58 bits per heavy atom. The monoisotopic (exact) mass is 358 g/mol. The van der Waals surface area contributed by atoms with Gasteiger partial charge in [0.2, 0.25) is 5.91 Å². The summed E-state index contributed by atoms with van der Waals surface area (Å²) >= 11 is 0. The zero-order chi connectivity index (χ0) is 19.3. The van der Waals surface area contributed by atoms with Crippen molar-refractivity contribution in [3.8, 4) is 0 Å². The van der Waals surface area contributed by atoms with Crippen LogP contribution in [0.25, 0.3) is 0 Å². The minimum absolute atomic E-state index is 0.0268. The number of likely N-dealkylation sites (tertiary alicyclic amines) is 1. The minimum atomic E-state index is -0.312. The fourth-order valence-electron chi connectivity index (χ4n) is 3.59. The Morgan fingerprint density at radius 2 is 1.92 bits per heavy atom. The lowest BCUT2D eigenvalue weighted by molar-refractivity contribution is -0.139. The highest BCUT2D eigenvalue weighted by Gasteiger charge is 2.37. The van der Waals surface area contributed by atoms with E-state index in [0.717, 1.165) is 24.8 Å². The largest absolute Gasteiger partial charge is 0.331 e. The maximum absolute atomic E-state index is 12.7. The SMILES string of the molecule is CC.CCC(C)C(=O)C1CCCN1C(=O)CN1Cc2ccccc2C1=O. The Hall–Kier alpha value is -2.17. The second kappa shape index (κ2) is 8.97. The molecule has 0 spiro atoms. The third-order valence-electron chi connectivity index (χ3n) is 5.22. The second-order valence-corrected chi connectivity index (χ2v) is 6.78. The Morgan fingerprint density at radius 1 is 1.23 bits per heavy atom. The van der Waals surface area contributed by atoms with E-state index in [1.807, 2.05) is 45.9 Å². The molecule has 2 aliphatic heterocycles. The van der Waals surface area contributed by atoms with Crippen LogP contribution < -0.4 is 0 Å². The lowest BCUT2D eigenvalue weighted by Crippen LogP contribution is -2.46. The van der Waals surface area contributed by atoms with E-state index < -0.39 is 0 Å². The van der Waals surface area contributed by atoms with Gasteiger partial charge in [-0.15, -0.1) is 0 Å². The number of carbonyl (C=O) groups is 3. The number of carbonyl (C=O) groups excluding carboxylic acids is 3. The first-order valence-electron chi connectivity index (χ1n) is 9.73. The number of nitrogens with zero attached hydrogens (tertiary/aromatic N) is 2. The zero-order valence-electron chi connectivity index (χ0n) is 16.3. The molecule has 0 radical (unpaired) electrons. The summed E-state index contributed by atoms with van der Waals surface area (Å²) in [5.41, 5.74) is 1.64. The van der Waals surface area contributed by atoms with Crippen molar-refractivity contribution in [2.45, 2.75) is 59.5 Å². The van der Waals surface area contributed by atoms with Gasteiger partial charge in [-0.05, 0) is 30.9 Å². The van der Waals surface area contributed by atoms with Crippen LogP contribution >= 0.6 is 0 Å². The number of rotatable bonds is 5. The number of ketones is 1. The van der Waals surface area contributed by atoms with Gasteiger partial charge in [-0.3, -0.25) is 14.4 Å². The van der Waals surface area contributed by atoms with E-state index in [4.69, 9.17) is 0 Å². The predicted molar refractivity (Wildman–Crippen MR) is 102 cm³/mol. The van der Waals surface area contributed by atoms with Crippen molar-refractivity contribution in [3.05, 3.63) is 35.4 Å². The highest BCUT2D eigenvalue weighted by atomic mass is 16.2. The molecular weight excluding hydrogens is 328 g/mol. The highest BCUT2D eigenvalue weighted by molar-refractivity contribution is 6.00. The molecule has 1 aromatic carbocycles. The van der Waals surface area contributed by atoms with Gasteiger partial charge in [0.15, 0.2) is 5.78 Å². The summed E-state index contributed by atoms with van der Waals surface area (Å²) < 4.78 is 0. The molecule has 0 aliphatic carbocycles. The molecule has 2 atom stereocenters. The van der Waals surface area contributed by atoms with Crippen molar-refractivity contribution in [1.82, 2.24) is 9.80 Å². The summed E-state index contributed by atoms with van der Waals surface area (Å²) in [7, 11) is 0. The molecule has 0 aromatic heterocycles. The Bertz CT molecular complexity index is 671. The molecule has 2 unspecified atom stereocenters. The van der Waals surface area contributed by atoms with E-state index in [1.54, 1.807) is 15.9 Å². The van der Waals surface area contributed by atoms with E-state index in [1.165, 1.54) is 0 Å². The van der Waals surface area contributed by atoms with Crippen molar-refractivity contribution in [3.63, 3.8) is 0 Å². The molecule has 142 valence electrons. The van der Waals surface area contributed by atoms with Gasteiger partial charge in [0.1, 0.15) is 6.54 Å². The summed E-state index contributed by atoms with van der Waals surface area (Å²) in [6.07, 6.45) is 2.38. The predicted octanol–water partition coefficient (Wildman–Crippen LogP) is 3.27. The number of benzene rings is 1. The number of amides is 2. The van der Waals surface area contributed by atoms with Gasteiger partial charge in [-0.2, -0.15) is 0 Å². The maximum atomic E-state index is 12.7. The van der Waals surface area contributed by atoms with Gasteiger partial charge in [0, 0.05) is 24.6 Å². The molecule has 5 heteroatoms. The Labute approximate surface area is 156 Å². The van der Waals surface area contributed by atoms with Gasteiger partial charge in [0.25, 0.3) is 5.91 Å². The topological polar surface area (TPSA) is 57.7 Å². The third-order valence-corrected chi connectivity index (χ3v) is 5.22. The quantitative estimate of drug-likeness (QED) is 0.812. The summed E-state index contributed by atoms with van der Waals surface area (Å²) in [6.45, 7) is 9.05. The number of fused-ring (bicyclic) bond motifs is 1. The fourth-order valence-corrected chi connectivity index (χ4v) is 3.59. The molecule has 1 fully saturated rings. The maximum Gasteiger partial charge on any atom is 0.254 e. The molecule has 26 heavy (non-hydrogen) atoms. The van der Waals surface area contributed by atoms with Gasteiger partial charge in [0.05, 0.1) is 6.04 Å². The van der Waals surface area contributed by atoms with Gasteiger partial charge < -0.3 is 9.80 Å². The van der Waals surface area contributed by atoms with E-state index in [9.17, 15) is 14.4 Å². The number of hydrogen-bond donors (Lipinski definition) is 0. The molecule has 1 saturated heterocycles. The Kier molecular flexibility index (Phi) is 6.95. The zero-order valence-corrected chi connectivity index (χ0v) is 16.3. The van der Waals surface area contributed by atoms with Crippen molar-refractivity contribution in [1.29, 1.82) is 0 Å². The number of hydrogen-bond acceptors (Lipinski definition) is 3. The first-order valence-corrected chi connectivity index (χ1v) is 9.73. The summed E-state index contributed by atoms with van der Waals surface area (Å²) in [4.78, 5) is 40.9. The molecule has 2 aliphatic rings. The molecule has 1 aromatic rings. The van der Waals surface area contributed by atoms with Crippen molar-refractivity contribution in [2.24, 2.45) is 5.92 Å². The average Bonchev–Trinajstić information content (AvgIpc) is 3.28. The first-order chi connectivity index (χ1) is 12.5. The average molecular weight is 358 g/mol. The molecule has 3 rings (SSSR count). The van der Waals surface area contributed by atoms with Crippen molar-refractivity contribution < 1.29 is 14.4 Å². The van der Waals surface area contributed by atoms with Crippen molar-refractivity contribution >= 4 is 17.6 Å². The molecule has 0 saturated carbocycles. The molecule has 2 heterocycles. The van der Waals surface area contributed by atoms with Gasteiger partial charge in [-0.1, -0.05) is 45.9 Å². The van der Waals surface area contributed by atoms with E-state index >= 15 is 0 Å². The minimum Gasteiger partial charge on any atom is -0.331 e. The van der Waals surface area contributed by atoms with E-state index in [2.05, 4.69) is 0 Å². The molecule has 0 N–H and O–H groups in total. The summed E-state index contributed by atoms with van der Waals surface area (Å²) in [5.74, 6) is -0.0845. The molecular formula is C21H30N2O3. The van der Waals surface area contributed by atoms with E-state index in [0.29, 0.717) is 18.7 Å². The normalized spacial score (nSPS) is 19.7. The van der Waals surface area contributed by atoms with Crippen LogP contribution in [-0.4, -0.2) is 46.5 Å². The van der Waals surface area contributed by atoms with E-state index in [-0.39, 0.29) is 36.1 Å². The van der Waals surface area contributed by atoms with Crippen LogP contribution in [0.5, 0.6) is 0 Å². The smallest absolute Gasteiger partial charge is 0.254 e. The highest BCUT2D eigenvalue weighted by Crippen LogP contribution is 2.25. The molecule has 2 amide bonds. The summed E-state index contributed by atoms with van der Waals surface area (Å²) in [6, 6.07) is 7.14. The van der Waals surface area contributed by atoms with Crippen LogP contribution in [0.3, 0.4) is 0 Å². The van der Waals surface area contributed by atoms with Crippen LogP contribution in [-0.2, 0) is 16.1 Å².